The van der Waals surface area contributed by atoms with E-state index in [0.717, 1.165) is 47.7 Å². The first-order chi connectivity index (χ1) is 16.2. The van der Waals surface area contributed by atoms with Crippen LogP contribution in [0, 0.1) is 23.7 Å². The summed E-state index contributed by atoms with van der Waals surface area (Å²) in [6.07, 6.45) is 8.23. The van der Waals surface area contributed by atoms with Gasteiger partial charge in [-0.05, 0) is 68.2 Å². The molecule has 0 amide bonds. The highest BCUT2D eigenvalue weighted by molar-refractivity contribution is 5.87. The van der Waals surface area contributed by atoms with Gasteiger partial charge in [-0.2, -0.15) is 0 Å². The number of carbonyl (C=O) groups is 1. The molecule has 0 radical (unpaired) electrons. The third-order valence-corrected chi connectivity index (χ3v) is 8.55. The van der Waals surface area contributed by atoms with E-state index < -0.39 is 0 Å². The van der Waals surface area contributed by atoms with Crippen LogP contribution < -0.4 is 4.74 Å². The molecule has 1 heterocycles. The van der Waals surface area contributed by atoms with Gasteiger partial charge in [0.15, 0.2) is 0 Å². The van der Waals surface area contributed by atoms with E-state index in [9.17, 15) is 4.79 Å². The fourth-order valence-electron chi connectivity index (χ4n) is 6.98. The van der Waals surface area contributed by atoms with Gasteiger partial charge in [0, 0.05) is 34.6 Å². The Morgan fingerprint density at radius 2 is 1.61 bits per heavy atom. The van der Waals surface area contributed by atoms with E-state index in [-0.39, 0.29) is 5.92 Å². The second-order valence-corrected chi connectivity index (χ2v) is 10.2. The Morgan fingerprint density at radius 3 is 2.39 bits per heavy atom. The normalized spacial score (nSPS) is 28.9. The molecule has 33 heavy (non-hydrogen) atoms. The van der Waals surface area contributed by atoms with E-state index in [1.54, 1.807) is 7.11 Å². The van der Waals surface area contributed by atoms with Crippen LogP contribution in [0.25, 0.3) is 22.6 Å². The van der Waals surface area contributed by atoms with E-state index in [1.807, 2.05) is 18.2 Å². The third-order valence-electron chi connectivity index (χ3n) is 8.55. The fraction of sp³-hybridized carbons (Fsp3) is 0.448. The monoisotopic (exact) mass is 440 g/mol. The van der Waals surface area contributed by atoms with Crippen LogP contribution in [0.3, 0.4) is 0 Å². The van der Waals surface area contributed by atoms with Crippen LogP contribution in [0.2, 0.25) is 0 Å². The van der Waals surface area contributed by atoms with Gasteiger partial charge >= 0.3 is 0 Å². The van der Waals surface area contributed by atoms with Crippen LogP contribution in [0.4, 0.5) is 0 Å². The summed E-state index contributed by atoms with van der Waals surface area (Å²) < 4.78 is 5.33. The molecule has 0 aliphatic heterocycles. The lowest BCUT2D eigenvalue weighted by atomic mass is 9.70. The molecule has 5 atom stereocenters. The van der Waals surface area contributed by atoms with Gasteiger partial charge in [0.2, 0.25) is 0 Å². The lowest BCUT2D eigenvalue weighted by Crippen LogP contribution is -2.26. The van der Waals surface area contributed by atoms with Crippen molar-refractivity contribution < 1.29 is 9.53 Å². The smallest absolute Gasteiger partial charge is 0.139 e. The minimum Gasteiger partial charge on any atom is -0.497 e. The number of nitrogens with one attached hydrogen (secondary N) is 1. The molecule has 1 N–H and O–H groups in total. The highest BCUT2D eigenvalue weighted by Crippen LogP contribution is 2.55. The number of ketones is 1. The Balaban J connectivity index is 1.35. The summed E-state index contributed by atoms with van der Waals surface area (Å²) in [7, 11) is 1.68. The lowest BCUT2D eigenvalue weighted by Gasteiger charge is -2.34. The van der Waals surface area contributed by atoms with Gasteiger partial charge in [0.1, 0.15) is 17.4 Å². The number of imidazole rings is 1. The van der Waals surface area contributed by atoms with Crippen molar-refractivity contribution in [2.24, 2.45) is 23.7 Å². The maximum absolute atomic E-state index is 13.4. The molecule has 4 nitrogen and oxygen atoms in total. The first kappa shape index (κ1) is 20.7. The predicted molar refractivity (Wildman–Crippen MR) is 130 cm³/mol. The van der Waals surface area contributed by atoms with Crippen molar-refractivity contribution in [3.63, 3.8) is 0 Å². The Kier molecular flexibility index (Phi) is 5.32. The van der Waals surface area contributed by atoms with E-state index in [2.05, 4.69) is 41.4 Å². The topological polar surface area (TPSA) is 55.0 Å². The van der Waals surface area contributed by atoms with Gasteiger partial charge in [0.05, 0.1) is 12.8 Å². The summed E-state index contributed by atoms with van der Waals surface area (Å²) in [5.41, 5.74) is 4.42. The van der Waals surface area contributed by atoms with Crippen molar-refractivity contribution in [2.75, 3.05) is 7.11 Å². The largest absolute Gasteiger partial charge is 0.497 e. The van der Waals surface area contributed by atoms with E-state index in [0.29, 0.717) is 29.5 Å². The summed E-state index contributed by atoms with van der Waals surface area (Å²) in [5, 5.41) is 0. The molecule has 4 heteroatoms. The van der Waals surface area contributed by atoms with Crippen LogP contribution in [-0.2, 0) is 4.79 Å². The van der Waals surface area contributed by atoms with E-state index in [4.69, 9.17) is 9.72 Å². The molecule has 5 unspecified atom stereocenters. The molecule has 1 aromatic heterocycles. The van der Waals surface area contributed by atoms with Crippen molar-refractivity contribution in [1.29, 1.82) is 0 Å². The fourth-order valence-corrected chi connectivity index (χ4v) is 6.98. The minimum absolute atomic E-state index is 0.244. The number of carbonyl (C=O) groups excluding carboxylic acids is 1. The lowest BCUT2D eigenvalue weighted by molar-refractivity contribution is -0.125. The molecule has 2 aromatic carbocycles. The second-order valence-electron chi connectivity index (χ2n) is 10.2. The number of methoxy groups -OCH3 is 1. The second kappa shape index (κ2) is 8.48. The van der Waals surface area contributed by atoms with Crippen LogP contribution in [0.15, 0.2) is 54.6 Å². The molecular formula is C29H32N2O2. The predicted octanol–water partition coefficient (Wildman–Crippen LogP) is 6.64. The summed E-state index contributed by atoms with van der Waals surface area (Å²) in [4.78, 5) is 22.1. The van der Waals surface area contributed by atoms with E-state index in [1.165, 1.54) is 31.4 Å². The molecule has 0 saturated heterocycles. The quantitative estimate of drug-likeness (QED) is 0.495. The van der Waals surface area contributed by atoms with Gasteiger partial charge in [-0.3, -0.25) is 4.79 Å². The van der Waals surface area contributed by atoms with Gasteiger partial charge in [0.25, 0.3) is 0 Å². The highest BCUT2D eigenvalue weighted by Gasteiger charge is 2.52. The Hall–Kier alpha value is -2.88. The molecule has 3 aliphatic carbocycles. The van der Waals surface area contributed by atoms with Crippen molar-refractivity contribution in [3.8, 4) is 28.4 Å². The standard InChI is InChI=1S/C29H32N2O2/c1-33-21-14-11-19(12-15-21)29-30-26(18-7-3-2-4-8-18)27(31-29)20-13-16-23-22-9-5-6-10-24(22)28(32)25(23)17-20/h2-4,7-8,11-12,14-15,20,22-25H,5-6,9-10,13,16-17H2,1H3,(H,30,31). The Morgan fingerprint density at radius 1 is 0.848 bits per heavy atom. The van der Waals surface area contributed by atoms with Crippen LogP contribution in [0.1, 0.15) is 56.6 Å². The average Bonchev–Trinajstić information content (AvgIpc) is 3.45. The summed E-state index contributed by atoms with van der Waals surface area (Å²) in [6.45, 7) is 0. The number of benzene rings is 2. The van der Waals surface area contributed by atoms with Crippen molar-refractivity contribution >= 4 is 5.78 Å². The molecule has 3 aromatic rings. The Labute approximate surface area is 195 Å². The van der Waals surface area contributed by atoms with Gasteiger partial charge < -0.3 is 9.72 Å². The molecule has 3 saturated carbocycles. The number of H-pyrrole nitrogens is 1. The number of aromatic amines is 1. The molecule has 0 bridgehead atoms. The van der Waals surface area contributed by atoms with Crippen LogP contribution >= 0.6 is 0 Å². The number of hydrogen-bond donors (Lipinski definition) is 1. The van der Waals surface area contributed by atoms with Crippen molar-refractivity contribution in [2.45, 2.75) is 50.9 Å². The maximum atomic E-state index is 13.4. The molecule has 0 spiro atoms. The maximum Gasteiger partial charge on any atom is 0.139 e. The summed E-state index contributed by atoms with van der Waals surface area (Å²) in [6, 6.07) is 18.5. The number of Topliss-reactive ketones (excluding diaryl/α,β-unsaturated/α-hetero) is 1. The number of hydrogen-bond acceptors (Lipinski definition) is 3. The van der Waals surface area contributed by atoms with Crippen molar-refractivity contribution in [1.82, 2.24) is 9.97 Å². The zero-order chi connectivity index (χ0) is 22.4. The molecule has 3 fully saturated rings. The van der Waals surface area contributed by atoms with Crippen LogP contribution in [-0.4, -0.2) is 22.9 Å². The highest BCUT2D eigenvalue weighted by atomic mass is 16.5. The first-order valence-electron chi connectivity index (χ1n) is 12.6. The minimum atomic E-state index is 0.244. The number of aromatic nitrogens is 2. The van der Waals surface area contributed by atoms with Gasteiger partial charge in [-0.1, -0.05) is 43.2 Å². The Bertz CT molecular complexity index is 1130. The molecule has 6 rings (SSSR count). The molecule has 3 aliphatic rings. The SMILES string of the molecule is COc1ccc(-c2nc(-c3ccccc3)c(C3CCC4C(C3)C(=O)C3CCCCC34)[nH]2)cc1. The molecule has 170 valence electrons. The molecular weight excluding hydrogens is 408 g/mol. The number of rotatable bonds is 4. The summed E-state index contributed by atoms with van der Waals surface area (Å²) in [5.74, 6) is 4.51. The van der Waals surface area contributed by atoms with E-state index >= 15 is 0 Å². The third kappa shape index (κ3) is 3.60. The zero-order valence-corrected chi connectivity index (χ0v) is 19.3. The van der Waals surface area contributed by atoms with Gasteiger partial charge in [-0.25, -0.2) is 4.98 Å². The average molecular weight is 441 g/mol. The number of fused-ring (bicyclic) bond motifs is 3. The first-order valence-corrected chi connectivity index (χ1v) is 12.6. The summed E-state index contributed by atoms with van der Waals surface area (Å²) >= 11 is 0. The van der Waals surface area contributed by atoms with Gasteiger partial charge in [-0.15, -0.1) is 0 Å². The zero-order valence-electron chi connectivity index (χ0n) is 19.3. The number of ether oxygens (including phenoxy) is 1. The van der Waals surface area contributed by atoms with Crippen molar-refractivity contribution in [3.05, 3.63) is 60.3 Å². The number of nitrogens with zero attached hydrogens (tertiary/aromatic N) is 1. The van der Waals surface area contributed by atoms with Crippen LogP contribution in [0.5, 0.6) is 5.75 Å².